The van der Waals surface area contributed by atoms with Crippen molar-refractivity contribution in [3.05, 3.63) is 0 Å². The monoisotopic (exact) mass is 285 g/mol. The van der Waals surface area contributed by atoms with Crippen molar-refractivity contribution in [2.45, 2.75) is 78.1 Å². The summed E-state index contributed by atoms with van der Waals surface area (Å²) in [6, 6.07) is 0. The number of hydrogen-bond donors (Lipinski definition) is 0. The van der Waals surface area contributed by atoms with Crippen molar-refractivity contribution in [1.29, 1.82) is 0 Å². The summed E-state index contributed by atoms with van der Waals surface area (Å²) in [5.41, 5.74) is 0. The normalized spacial score (nSPS) is 19.4. The van der Waals surface area contributed by atoms with Crippen LogP contribution in [0.1, 0.15) is 78.1 Å². The number of amides is 1. The maximum absolute atomic E-state index is 11.9. The largest absolute Gasteiger partial charge is 0.286 e. The Kier molecular flexibility index (Phi) is 9.40. The number of unbranched alkanes of at least 4 members (excludes halogenated alkanes) is 7. The fourth-order valence-corrected chi connectivity index (χ4v) is 3.69. The van der Waals surface area contributed by atoms with E-state index in [9.17, 15) is 4.79 Å². The van der Waals surface area contributed by atoms with E-state index in [0.717, 1.165) is 25.1 Å². The molecule has 1 unspecified atom stereocenters. The van der Waals surface area contributed by atoms with E-state index in [4.69, 9.17) is 0 Å². The molecule has 0 aliphatic carbocycles. The molecule has 1 fully saturated rings. The fourth-order valence-electron chi connectivity index (χ4n) is 2.63. The van der Waals surface area contributed by atoms with Crippen LogP contribution in [0, 0.1) is 5.92 Å². The van der Waals surface area contributed by atoms with E-state index in [-0.39, 0.29) is 0 Å². The molecule has 2 nitrogen and oxygen atoms in total. The van der Waals surface area contributed by atoms with E-state index in [1.807, 2.05) is 4.31 Å². The van der Waals surface area contributed by atoms with E-state index >= 15 is 0 Å². The van der Waals surface area contributed by atoms with Crippen LogP contribution in [-0.4, -0.2) is 22.5 Å². The molecule has 1 saturated heterocycles. The molecule has 1 aliphatic rings. The Morgan fingerprint density at radius 3 is 2.26 bits per heavy atom. The van der Waals surface area contributed by atoms with Gasteiger partial charge in [0.15, 0.2) is 0 Å². The third-order valence-corrected chi connectivity index (χ3v) is 5.16. The second-order valence-corrected chi connectivity index (χ2v) is 6.75. The summed E-state index contributed by atoms with van der Waals surface area (Å²) in [5, 5.41) is 0. The van der Waals surface area contributed by atoms with Gasteiger partial charge < -0.3 is 0 Å². The van der Waals surface area contributed by atoms with Gasteiger partial charge in [-0.3, -0.25) is 9.10 Å². The van der Waals surface area contributed by atoms with Gasteiger partial charge in [0.05, 0.1) is 0 Å². The van der Waals surface area contributed by atoms with Gasteiger partial charge in [-0.05, 0) is 31.2 Å². The molecule has 112 valence electrons. The lowest BCUT2D eigenvalue weighted by Gasteiger charge is -2.14. The fraction of sp³-hybridized carbons (Fsp3) is 0.938. The highest BCUT2D eigenvalue weighted by atomic mass is 32.2. The third kappa shape index (κ3) is 6.69. The molecule has 0 aromatic rings. The van der Waals surface area contributed by atoms with Gasteiger partial charge in [-0.25, -0.2) is 0 Å². The third-order valence-electron chi connectivity index (χ3n) is 4.01. The summed E-state index contributed by atoms with van der Waals surface area (Å²) in [4.78, 5) is 11.9. The predicted molar refractivity (Wildman–Crippen MR) is 85.2 cm³/mol. The number of nitrogens with zero attached hydrogens (tertiary/aromatic N) is 1. The first-order valence-electron chi connectivity index (χ1n) is 8.23. The standard InChI is InChI=1S/C16H31NOS/c1-3-5-6-7-8-9-10-11-14-19-17-13-12-15(4-2)16(17)18/h15H,3-14H2,1-2H3. The topological polar surface area (TPSA) is 20.3 Å². The summed E-state index contributed by atoms with van der Waals surface area (Å²) in [6.07, 6.45) is 13.0. The summed E-state index contributed by atoms with van der Waals surface area (Å²) < 4.78 is 2.01. The zero-order valence-corrected chi connectivity index (χ0v) is 13.6. The highest BCUT2D eigenvalue weighted by molar-refractivity contribution is 7.97. The van der Waals surface area contributed by atoms with Crippen LogP contribution in [0.4, 0.5) is 0 Å². The van der Waals surface area contributed by atoms with E-state index in [1.165, 1.54) is 51.4 Å². The van der Waals surface area contributed by atoms with Crippen LogP contribution in [0.15, 0.2) is 0 Å². The van der Waals surface area contributed by atoms with Crippen LogP contribution in [0.2, 0.25) is 0 Å². The molecule has 1 rings (SSSR count). The molecular weight excluding hydrogens is 254 g/mol. The molecule has 3 heteroatoms. The lowest BCUT2D eigenvalue weighted by Crippen LogP contribution is -2.20. The molecule has 1 aliphatic heterocycles. The lowest BCUT2D eigenvalue weighted by atomic mass is 10.1. The highest BCUT2D eigenvalue weighted by Crippen LogP contribution is 2.27. The quantitative estimate of drug-likeness (QED) is 0.392. The molecule has 0 spiro atoms. The van der Waals surface area contributed by atoms with Gasteiger partial charge in [-0.1, -0.05) is 58.8 Å². The molecule has 0 N–H and O–H groups in total. The minimum absolute atomic E-state index is 0.311. The van der Waals surface area contributed by atoms with Gasteiger partial charge in [0, 0.05) is 18.2 Å². The summed E-state index contributed by atoms with van der Waals surface area (Å²) in [7, 11) is 0. The average molecular weight is 285 g/mol. The predicted octanol–water partition coefficient (Wildman–Crippen LogP) is 5.03. The molecule has 1 heterocycles. The van der Waals surface area contributed by atoms with Gasteiger partial charge in [-0.15, -0.1) is 0 Å². The second-order valence-electron chi connectivity index (χ2n) is 5.64. The van der Waals surface area contributed by atoms with E-state index in [1.54, 1.807) is 11.9 Å². The number of hydrogen-bond acceptors (Lipinski definition) is 2. The molecule has 0 radical (unpaired) electrons. The smallest absolute Gasteiger partial charge is 0.235 e. The van der Waals surface area contributed by atoms with Crippen molar-refractivity contribution < 1.29 is 4.79 Å². The molecule has 1 atom stereocenters. The van der Waals surface area contributed by atoms with E-state index < -0.39 is 0 Å². The Labute approximate surface area is 123 Å². The zero-order valence-electron chi connectivity index (χ0n) is 12.8. The van der Waals surface area contributed by atoms with Gasteiger partial charge in [-0.2, -0.15) is 0 Å². The molecule has 1 amide bonds. The first kappa shape index (κ1) is 16.9. The van der Waals surface area contributed by atoms with E-state index in [2.05, 4.69) is 13.8 Å². The zero-order chi connectivity index (χ0) is 13.9. The number of carbonyl (C=O) groups is 1. The van der Waals surface area contributed by atoms with Crippen LogP contribution in [0.25, 0.3) is 0 Å². The Balaban J connectivity index is 1.90. The minimum atomic E-state index is 0.311. The summed E-state index contributed by atoms with van der Waals surface area (Å²) in [5.74, 6) is 1.81. The Morgan fingerprint density at radius 1 is 1.05 bits per heavy atom. The summed E-state index contributed by atoms with van der Waals surface area (Å²) >= 11 is 1.77. The maximum atomic E-state index is 11.9. The minimum Gasteiger partial charge on any atom is -0.286 e. The number of rotatable bonds is 11. The van der Waals surface area contributed by atoms with Crippen molar-refractivity contribution in [2.24, 2.45) is 5.92 Å². The Hall–Kier alpha value is -0.180. The van der Waals surface area contributed by atoms with Gasteiger partial charge in [0.1, 0.15) is 0 Å². The van der Waals surface area contributed by atoms with Gasteiger partial charge in [0.25, 0.3) is 0 Å². The van der Waals surface area contributed by atoms with Gasteiger partial charge >= 0.3 is 0 Å². The molecule has 0 bridgehead atoms. The van der Waals surface area contributed by atoms with Crippen molar-refractivity contribution in [3.63, 3.8) is 0 Å². The van der Waals surface area contributed by atoms with Gasteiger partial charge in [0.2, 0.25) is 5.91 Å². The van der Waals surface area contributed by atoms with E-state index in [0.29, 0.717) is 11.8 Å². The molecule has 0 aromatic carbocycles. The first-order chi connectivity index (χ1) is 9.29. The second kappa shape index (κ2) is 10.6. The summed E-state index contributed by atoms with van der Waals surface area (Å²) in [6.45, 7) is 5.36. The molecular formula is C16H31NOS. The first-order valence-corrected chi connectivity index (χ1v) is 9.18. The Morgan fingerprint density at radius 2 is 1.68 bits per heavy atom. The average Bonchev–Trinajstić information content (AvgIpc) is 2.78. The van der Waals surface area contributed by atoms with Crippen molar-refractivity contribution >= 4 is 17.9 Å². The highest BCUT2D eigenvalue weighted by Gasteiger charge is 2.30. The van der Waals surface area contributed by atoms with Crippen molar-refractivity contribution in [2.75, 3.05) is 12.3 Å². The van der Waals surface area contributed by atoms with Crippen LogP contribution in [-0.2, 0) is 4.79 Å². The van der Waals surface area contributed by atoms with Crippen LogP contribution in [0.5, 0.6) is 0 Å². The van der Waals surface area contributed by atoms with Crippen LogP contribution >= 0.6 is 11.9 Å². The van der Waals surface area contributed by atoms with Crippen LogP contribution < -0.4 is 0 Å². The Bertz CT molecular complexity index is 245. The van der Waals surface area contributed by atoms with Crippen LogP contribution in [0.3, 0.4) is 0 Å². The van der Waals surface area contributed by atoms with Crippen molar-refractivity contribution in [1.82, 2.24) is 4.31 Å². The lowest BCUT2D eigenvalue weighted by molar-refractivity contribution is -0.126. The maximum Gasteiger partial charge on any atom is 0.235 e. The molecule has 19 heavy (non-hydrogen) atoms. The molecule has 0 saturated carbocycles. The number of carbonyl (C=O) groups excluding carboxylic acids is 1. The molecule has 0 aromatic heterocycles. The SMILES string of the molecule is CCCCCCCCCCSN1CCC(CC)C1=O. The van der Waals surface area contributed by atoms with Crippen molar-refractivity contribution in [3.8, 4) is 0 Å².